The monoisotopic (exact) mass is 250 g/mol. The van der Waals surface area contributed by atoms with E-state index in [2.05, 4.69) is 84.3 Å². The molecule has 0 bridgehead atoms. The molecule has 0 atom stereocenters. The SMILES string of the molecule is CC[n+]1ccc(-c2ccc3cc[n+](C)cc3c2)cc1. The Hall–Kier alpha value is -2.22. The molecule has 2 heterocycles. The summed E-state index contributed by atoms with van der Waals surface area (Å²) in [5.41, 5.74) is 2.53. The van der Waals surface area contributed by atoms with Gasteiger partial charge in [0.15, 0.2) is 24.8 Å². The number of aromatic nitrogens is 2. The van der Waals surface area contributed by atoms with Gasteiger partial charge in [0.1, 0.15) is 13.6 Å². The Morgan fingerprint density at radius 2 is 1.63 bits per heavy atom. The summed E-state index contributed by atoms with van der Waals surface area (Å²) in [6.45, 7) is 3.16. The van der Waals surface area contributed by atoms with Crippen LogP contribution in [-0.4, -0.2) is 0 Å². The summed E-state index contributed by atoms with van der Waals surface area (Å²) in [6, 6.07) is 13.1. The van der Waals surface area contributed by atoms with E-state index in [-0.39, 0.29) is 0 Å². The van der Waals surface area contributed by atoms with Crippen molar-refractivity contribution in [2.45, 2.75) is 13.5 Å². The molecule has 0 unspecified atom stereocenters. The van der Waals surface area contributed by atoms with Gasteiger partial charge in [-0.3, -0.25) is 0 Å². The first-order chi connectivity index (χ1) is 9.26. The molecule has 3 aromatic rings. The molecule has 0 aliphatic heterocycles. The second kappa shape index (κ2) is 4.81. The minimum absolute atomic E-state index is 1.01. The van der Waals surface area contributed by atoms with E-state index in [0.717, 1.165) is 6.54 Å². The van der Waals surface area contributed by atoms with Crippen molar-refractivity contribution in [1.29, 1.82) is 0 Å². The van der Waals surface area contributed by atoms with Gasteiger partial charge in [0.05, 0.1) is 0 Å². The van der Waals surface area contributed by atoms with Crippen LogP contribution in [0.25, 0.3) is 21.9 Å². The second-order valence-electron chi connectivity index (χ2n) is 4.87. The van der Waals surface area contributed by atoms with E-state index in [1.54, 1.807) is 0 Å². The van der Waals surface area contributed by atoms with Crippen LogP contribution in [-0.2, 0) is 13.6 Å². The smallest absolute Gasteiger partial charge is 0.176 e. The van der Waals surface area contributed by atoms with Crippen molar-refractivity contribution in [3.8, 4) is 11.1 Å². The summed E-state index contributed by atoms with van der Waals surface area (Å²) >= 11 is 0. The van der Waals surface area contributed by atoms with Crippen LogP contribution in [0.1, 0.15) is 6.92 Å². The Morgan fingerprint density at radius 1 is 0.842 bits per heavy atom. The number of benzene rings is 1. The molecule has 0 N–H and O–H groups in total. The van der Waals surface area contributed by atoms with Gasteiger partial charge >= 0.3 is 0 Å². The number of hydrogen-bond donors (Lipinski definition) is 0. The predicted molar refractivity (Wildman–Crippen MR) is 76.4 cm³/mol. The molecule has 2 aromatic heterocycles. The summed E-state index contributed by atoms with van der Waals surface area (Å²) in [4.78, 5) is 0. The highest BCUT2D eigenvalue weighted by Crippen LogP contribution is 2.22. The first-order valence-electron chi connectivity index (χ1n) is 6.65. The molecule has 2 heteroatoms. The molecule has 3 rings (SSSR count). The van der Waals surface area contributed by atoms with Crippen molar-refractivity contribution in [3.05, 3.63) is 61.2 Å². The highest BCUT2D eigenvalue weighted by Gasteiger charge is 2.04. The zero-order valence-electron chi connectivity index (χ0n) is 11.4. The van der Waals surface area contributed by atoms with Crippen molar-refractivity contribution in [1.82, 2.24) is 0 Å². The van der Waals surface area contributed by atoms with Crippen LogP contribution in [0.15, 0.2) is 61.2 Å². The normalized spacial score (nSPS) is 10.8. The second-order valence-corrected chi connectivity index (χ2v) is 4.87. The lowest BCUT2D eigenvalue weighted by Gasteiger charge is -2.02. The van der Waals surface area contributed by atoms with Crippen molar-refractivity contribution in [2.24, 2.45) is 7.05 Å². The first kappa shape index (κ1) is 11.8. The van der Waals surface area contributed by atoms with Gasteiger partial charge in [-0.2, -0.15) is 0 Å². The minimum atomic E-state index is 1.01. The molecule has 2 nitrogen and oxygen atoms in total. The molecule has 94 valence electrons. The number of aryl methyl sites for hydroxylation is 2. The lowest BCUT2D eigenvalue weighted by molar-refractivity contribution is -0.693. The van der Waals surface area contributed by atoms with Crippen molar-refractivity contribution in [3.63, 3.8) is 0 Å². The van der Waals surface area contributed by atoms with E-state index < -0.39 is 0 Å². The maximum atomic E-state index is 2.25. The lowest BCUT2D eigenvalue weighted by atomic mass is 10.0. The van der Waals surface area contributed by atoms with E-state index >= 15 is 0 Å². The fraction of sp³-hybridized carbons (Fsp3) is 0.176. The lowest BCUT2D eigenvalue weighted by Crippen LogP contribution is -2.30. The third-order valence-corrected chi connectivity index (χ3v) is 3.51. The Bertz CT molecular complexity index is 715. The Labute approximate surface area is 113 Å². The molecule has 0 radical (unpaired) electrons. The van der Waals surface area contributed by atoms with Gasteiger partial charge in [-0.25, -0.2) is 9.13 Å². The summed E-state index contributed by atoms with van der Waals surface area (Å²) in [6.07, 6.45) is 8.50. The quantitative estimate of drug-likeness (QED) is 0.618. The van der Waals surface area contributed by atoms with Crippen LogP contribution in [0.4, 0.5) is 0 Å². The van der Waals surface area contributed by atoms with Crippen LogP contribution in [0.5, 0.6) is 0 Å². The standard InChI is InChI=1S/C17H18N2/c1-3-19-10-7-15(8-11-19)16-5-4-14-6-9-18(2)13-17(14)12-16/h4-13H,3H2,1-2H3/q+2. The molecular weight excluding hydrogens is 232 g/mol. The van der Waals surface area contributed by atoms with Crippen molar-refractivity contribution >= 4 is 10.8 Å². The molecule has 0 saturated carbocycles. The third kappa shape index (κ3) is 2.34. The number of fused-ring (bicyclic) bond motifs is 1. The maximum Gasteiger partial charge on any atom is 0.176 e. The first-order valence-corrected chi connectivity index (χ1v) is 6.65. The zero-order chi connectivity index (χ0) is 13.2. The molecule has 19 heavy (non-hydrogen) atoms. The minimum Gasteiger partial charge on any atom is -0.207 e. The molecule has 0 spiro atoms. The molecule has 0 saturated heterocycles. The van der Waals surface area contributed by atoms with E-state index in [0.29, 0.717) is 0 Å². The van der Waals surface area contributed by atoms with Gasteiger partial charge < -0.3 is 0 Å². The van der Waals surface area contributed by atoms with Crippen molar-refractivity contribution in [2.75, 3.05) is 0 Å². The largest absolute Gasteiger partial charge is 0.207 e. The van der Waals surface area contributed by atoms with E-state index in [1.807, 2.05) is 0 Å². The topological polar surface area (TPSA) is 7.76 Å². The number of nitrogens with zero attached hydrogens (tertiary/aromatic N) is 2. The Morgan fingerprint density at radius 3 is 2.37 bits per heavy atom. The molecule has 1 aromatic carbocycles. The highest BCUT2D eigenvalue weighted by molar-refractivity contribution is 5.85. The van der Waals surface area contributed by atoms with Crippen LogP contribution in [0.2, 0.25) is 0 Å². The van der Waals surface area contributed by atoms with E-state index in [1.165, 1.54) is 21.9 Å². The third-order valence-electron chi connectivity index (χ3n) is 3.51. The van der Waals surface area contributed by atoms with Gasteiger partial charge in [-0.05, 0) is 29.5 Å². The summed E-state index contributed by atoms with van der Waals surface area (Å²) in [7, 11) is 2.05. The molecule has 0 aliphatic carbocycles. The molecular formula is C17H18N2+2. The van der Waals surface area contributed by atoms with Crippen molar-refractivity contribution < 1.29 is 9.13 Å². The molecule has 0 aliphatic rings. The van der Waals surface area contributed by atoms with Crippen LogP contribution >= 0.6 is 0 Å². The van der Waals surface area contributed by atoms with E-state index in [9.17, 15) is 0 Å². The Kier molecular flexibility index (Phi) is 3.00. The van der Waals surface area contributed by atoms with Crippen LogP contribution in [0.3, 0.4) is 0 Å². The van der Waals surface area contributed by atoms with Gasteiger partial charge in [-0.15, -0.1) is 0 Å². The number of pyridine rings is 2. The predicted octanol–water partition coefficient (Wildman–Crippen LogP) is 2.64. The molecule has 0 amide bonds. The summed E-state index contributed by atoms with van der Waals surface area (Å²) in [5.74, 6) is 0. The Balaban J connectivity index is 2.08. The fourth-order valence-electron chi connectivity index (χ4n) is 2.34. The van der Waals surface area contributed by atoms with Gasteiger partial charge in [0, 0.05) is 23.6 Å². The number of rotatable bonds is 2. The van der Waals surface area contributed by atoms with Gasteiger partial charge in [0.2, 0.25) is 0 Å². The zero-order valence-corrected chi connectivity index (χ0v) is 11.4. The number of hydrogen-bond acceptors (Lipinski definition) is 0. The summed E-state index contributed by atoms with van der Waals surface area (Å²) < 4.78 is 4.26. The molecule has 0 fully saturated rings. The van der Waals surface area contributed by atoms with Crippen LogP contribution in [0, 0.1) is 0 Å². The van der Waals surface area contributed by atoms with Gasteiger partial charge in [0.25, 0.3) is 0 Å². The van der Waals surface area contributed by atoms with Gasteiger partial charge in [-0.1, -0.05) is 12.1 Å². The van der Waals surface area contributed by atoms with E-state index in [4.69, 9.17) is 0 Å². The average molecular weight is 250 g/mol. The maximum absolute atomic E-state index is 2.25. The highest BCUT2D eigenvalue weighted by atomic mass is 14.9. The average Bonchev–Trinajstić information content (AvgIpc) is 2.46. The fourth-order valence-corrected chi connectivity index (χ4v) is 2.34. The summed E-state index contributed by atoms with van der Waals surface area (Å²) in [5, 5.41) is 2.55. The van der Waals surface area contributed by atoms with Crippen LogP contribution < -0.4 is 9.13 Å².